The normalized spacial score (nSPS) is 13.4. The van der Waals surface area contributed by atoms with E-state index < -0.39 is 0 Å². The van der Waals surface area contributed by atoms with Gasteiger partial charge in [0.25, 0.3) is 0 Å². The third kappa shape index (κ3) is 2.78. The van der Waals surface area contributed by atoms with Gasteiger partial charge in [0.05, 0.1) is 9.73 Å². The molecule has 5 heteroatoms. The Morgan fingerprint density at radius 3 is 2.07 bits per heavy atom. The molecule has 0 fully saturated rings. The topological polar surface area (TPSA) is 26.0 Å². The molecule has 0 unspecified atom stereocenters. The molecule has 0 amide bonds. The van der Waals surface area contributed by atoms with Crippen LogP contribution in [0.3, 0.4) is 0 Å². The molecule has 5 aromatic rings. The van der Waals surface area contributed by atoms with Crippen LogP contribution in [0.4, 0.5) is 0 Å². The minimum atomic E-state index is 0.641. The molecule has 142 valence electrons. The molecule has 2 aromatic heterocycles. The van der Waals surface area contributed by atoms with E-state index in [1.54, 1.807) is 11.3 Å². The van der Waals surface area contributed by atoms with Crippen LogP contribution < -0.4 is 0 Å². The molecule has 0 aliphatic heterocycles. The number of oxazole rings is 1. The van der Waals surface area contributed by atoms with Crippen molar-refractivity contribution >= 4 is 72.8 Å². The standard InChI is InChI=1S/C25H13NOS3/c28-22-18-10-15-8-4-5-9-16(15)11-19(18)23(29)20(22)12-17-13-21-25(30-17)26-24(27-21)14-6-2-1-3-7-14/h1-13H. The maximum atomic E-state index is 5.97. The molecule has 0 radical (unpaired) electrons. The SMILES string of the molecule is S=C1C(=Cc2cc3oc(-c4ccccc4)nc3s2)C(=S)c2cc3ccccc3cc21. The van der Waals surface area contributed by atoms with Crippen molar-refractivity contribution < 1.29 is 4.42 Å². The Kier molecular flexibility index (Phi) is 4.03. The summed E-state index contributed by atoms with van der Waals surface area (Å²) in [4.78, 5) is 8.18. The molecule has 0 saturated carbocycles. The highest BCUT2D eigenvalue weighted by Gasteiger charge is 2.27. The minimum Gasteiger partial charge on any atom is -0.435 e. The number of hydrogen-bond donors (Lipinski definition) is 0. The number of hydrogen-bond acceptors (Lipinski definition) is 5. The molecule has 0 N–H and O–H groups in total. The zero-order valence-corrected chi connectivity index (χ0v) is 18.0. The Hall–Kier alpha value is -2.99. The smallest absolute Gasteiger partial charge is 0.228 e. The number of thiocarbonyl (C=S) groups is 2. The second kappa shape index (κ2) is 6.77. The van der Waals surface area contributed by atoms with Gasteiger partial charge in [0.1, 0.15) is 0 Å². The Labute approximate surface area is 187 Å². The molecule has 0 spiro atoms. The average molecular weight is 440 g/mol. The van der Waals surface area contributed by atoms with Crippen molar-refractivity contribution in [1.82, 2.24) is 4.98 Å². The highest BCUT2D eigenvalue weighted by molar-refractivity contribution is 7.84. The quantitative estimate of drug-likeness (QED) is 0.214. The second-order valence-electron chi connectivity index (χ2n) is 7.16. The lowest BCUT2D eigenvalue weighted by Gasteiger charge is -2.02. The first kappa shape index (κ1) is 17.8. The minimum absolute atomic E-state index is 0.641. The van der Waals surface area contributed by atoms with Crippen LogP contribution in [0.1, 0.15) is 16.0 Å². The van der Waals surface area contributed by atoms with Gasteiger partial charge in [0.15, 0.2) is 10.4 Å². The molecular weight excluding hydrogens is 426 g/mol. The molecule has 0 atom stereocenters. The van der Waals surface area contributed by atoms with Gasteiger partial charge in [-0.05, 0) is 41.1 Å². The van der Waals surface area contributed by atoms with E-state index in [1.165, 1.54) is 10.8 Å². The predicted molar refractivity (Wildman–Crippen MR) is 133 cm³/mol. The summed E-state index contributed by atoms with van der Waals surface area (Å²) in [6.45, 7) is 0. The van der Waals surface area contributed by atoms with Crippen LogP contribution in [0.25, 0.3) is 38.7 Å². The lowest BCUT2D eigenvalue weighted by molar-refractivity contribution is 0.620. The van der Waals surface area contributed by atoms with Crippen molar-refractivity contribution in [3.05, 3.63) is 94.4 Å². The van der Waals surface area contributed by atoms with E-state index in [-0.39, 0.29) is 0 Å². The van der Waals surface area contributed by atoms with Crippen LogP contribution in [-0.4, -0.2) is 14.7 Å². The van der Waals surface area contributed by atoms with E-state index in [2.05, 4.69) is 35.3 Å². The van der Waals surface area contributed by atoms with Gasteiger partial charge in [-0.1, -0.05) is 66.9 Å². The fourth-order valence-electron chi connectivity index (χ4n) is 3.81. The lowest BCUT2D eigenvalue weighted by atomic mass is 10.0. The second-order valence-corrected chi connectivity index (χ2v) is 9.04. The summed E-state index contributed by atoms with van der Waals surface area (Å²) in [5.74, 6) is 0.641. The number of benzene rings is 3. The first-order chi connectivity index (χ1) is 14.7. The first-order valence-electron chi connectivity index (χ1n) is 9.47. The van der Waals surface area contributed by atoms with Gasteiger partial charge in [0, 0.05) is 33.2 Å². The monoisotopic (exact) mass is 439 g/mol. The zero-order chi connectivity index (χ0) is 20.2. The number of nitrogens with zero attached hydrogens (tertiary/aromatic N) is 1. The molecule has 0 saturated heterocycles. The van der Waals surface area contributed by atoms with Crippen LogP contribution in [0.15, 0.2) is 82.8 Å². The molecule has 2 heterocycles. The Morgan fingerprint density at radius 2 is 1.43 bits per heavy atom. The fourth-order valence-corrected chi connectivity index (χ4v) is 5.43. The van der Waals surface area contributed by atoms with E-state index in [4.69, 9.17) is 28.9 Å². The summed E-state index contributed by atoms with van der Waals surface area (Å²) in [6, 6.07) is 24.5. The highest BCUT2D eigenvalue weighted by atomic mass is 32.1. The molecule has 6 rings (SSSR count). The van der Waals surface area contributed by atoms with Crippen molar-refractivity contribution in [1.29, 1.82) is 0 Å². The van der Waals surface area contributed by atoms with Crippen LogP contribution in [-0.2, 0) is 0 Å². The third-order valence-corrected chi connectivity index (χ3v) is 7.12. The van der Waals surface area contributed by atoms with Crippen molar-refractivity contribution in [3.8, 4) is 11.5 Å². The molecule has 0 bridgehead atoms. The molecule has 3 aromatic carbocycles. The van der Waals surface area contributed by atoms with Gasteiger partial charge < -0.3 is 4.42 Å². The zero-order valence-electron chi connectivity index (χ0n) is 15.6. The highest BCUT2D eigenvalue weighted by Crippen LogP contribution is 2.36. The summed E-state index contributed by atoms with van der Waals surface area (Å²) in [6.07, 6.45) is 2.07. The van der Waals surface area contributed by atoms with E-state index in [0.717, 1.165) is 47.3 Å². The molecule has 1 aliphatic rings. The summed E-state index contributed by atoms with van der Waals surface area (Å²) in [7, 11) is 0. The fraction of sp³-hybridized carbons (Fsp3) is 0. The third-order valence-electron chi connectivity index (χ3n) is 5.28. The first-order valence-corrected chi connectivity index (χ1v) is 11.1. The molecule has 1 aliphatic carbocycles. The largest absolute Gasteiger partial charge is 0.435 e. The Morgan fingerprint density at radius 1 is 0.800 bits per heavy atom. The van der Waals surface area contributed by atoms with E-state index in [1.807, 2.05) is 48.5 Å². The van der Waals surface area contributed by atoms with Gasteiger partial charge in [-0.15, -0.1) is 11.3 Å². The van der Waals surface area contributed by atoms with Crippen molar-refractivity contribution in [3.63, 3.8) is 0 Å². The van der Waals surface area contributed by atoms with Crippen molar-refractivity contribution in [2.75, 3.05) is 0 Å². The van der Waals surface area contributed by atoms with Gasteiger partial charge >= 0.3 is 0 Å². The van der Waals surface area contributed by atoms with E-state index in [0.29, 0.717) is 5.89 Å². The Bertz CT molecular complexity index is 1430. The maximum absolute atomic E-state index is 5.97. The van der Waals surface area contributed by atoms with Crippen LogP contribution in [0.5, 0.6) is 0 Å². The number of rotatable bonds is 2. The van der Waals surface area contributed by atoms with Gasteiger partial charge in [0.2, 0.25) is 5.89 Å². The van der Waals surface area contributed by atoms with Crippen LogP contribution in [0, 0.1) is 0 Å². The molecule has 2 nitrogen and oxygen atoms in total. The summed E-state index contributed by atoms with van der Waals surface area (Å²) >= 11 is 13.2. The van der Waals surface area contributed by atoms with Gasteiger partial charge in [-0.25, -0.2) is 0 Å². The number of fused-ring (bicyclic) bond motifs is 3. The van der Waals surface area contributed by atoms with Crippen molar-refractivity contribution in [2.45, 2.75) is 0 Å². The Balaban J connectivity index is 1.39. The van der Waals surface area contributed by atoms with Gasteiger partial charge in [-0.3, -0.25) is 0 Å². The summed E-state index contributed by atoms with van der Waals surface area (Å²) in [5, 5.41) is 2.35. The molecular formula is C25H13NOS3. The van der Waals surface area contributed by atoms with E-state index >= 15 is 0 Å². The van der Waals surface area contributed by atoms with Gasteiger partial charge in [-0.2, -0.15) is 4.98 Å². The molecule has 30 heavy (non-hydrogen) atoms. The van der Waals surface area contributed by atoms with Crippen LogP contribution in [0.2, 0.25) is 0 Å². The summed E-state index contributed by atoms with van der Waals surface area (Å²) < 4.78 is 5.97. The number of aromatic nitrogens is 1. The predicted octanol–water partition coefficient (Wildman–Crippen LogP) is 7.24. The van der Waals surface area contributed by atoms with Crippen LogP contribution >= 0.6 is 35.8 Å². The lowest BCUT2D eigenvalue weighted by Crippen LogP contribution is -1.97. The van der Waals surface area contributed by atoms with E-state index in [9.17, 15) is 0 Å². The van der Waals surface area contributed by atoms with Crippen molar-refractivity contribution in [2.24, 2.45) is 0 Å². The summed E-state index contributed by atoms with van der Waals surface area (Å²) in [5.41, 5.74) is 4.78. The number of thiophene rings is 1. The maximum Gasteiger partial charge on any atom is 0.228 e. The average Bonchev–Trinajstić information content (AvgIpc) is 3.41. The number of allylic oxidation sites excluding steroid dienone is 1.